The lowest BCUT2D eigenvalue weighted by Crippen LogP contribution is -2.57. The highest BCUT2D eigenvalue weighted by Crippen LogP contribution is 2.41. The largest absolute Gasteiger partial charge is 0.308 e. The Morgan fingerprint density at radius 1 is 0.590 bits per heavy atom. The fourth-order valence-electron chi connectivity index (χ4n) is 8.66. The molecule has 0 saturated carbocycles. The SMILES string of the molecule is [B]c1c([B])c([B])c(C(=N)N=C(N=Cn2c3ccccc3c3ccc4c5ccccc5n(C5=CCC(c6ccccc6)C=C5)c4c32)c2cccc(-c3ccccc3)c2)c([B])c1[B]. The second-order valence-electron chi connectivity index (χ2n) is 15.3. The molecule has 5 nitrogen and oxygen atoms in total. The highest BCUT2D eigenvalue weighted by molar-refractivity contribution is 6.68. The lowest BCUT2D eigenvalue weighted by Gasteiger charge is -2.20. The molecule has 1 aliphatic carbocycles. The van der Waals surface area contributed by atoms with E-state index in [0.29, 0.717) is 11.5 Å². The van der Waals surface area contributed by atoms with E-state index < -0.39 is 0 Å². The van der Waals surface area contributed by atoms with E-state index in [2.05, 4.69) is 112 Å². The lowest BCUT2D eigenvalue weighted by atomic mass is 9.60. The number of nitrogens with zero attached hydrogens (tertiary/aromatic N) is 4. The van der Waals surface area contributed by atoms with Crippen LogP contribution in [0, 0.1) is 5.41 Å². The van der Waals surface area contributed by atoms with Crippen LogP contribution >= 0.6 is 0 Å². The first kappa shape index (κ1) is 38.2. The number of allylic oxidation sites excluding steroid dienone is 4. The van der Waals surface area contributed by atoms with Crippen molar-refractivity contribution in [3.63, 3.8) is 0 Å². The zero-order valence-corrected chi connectivity index (χ0v) is 33.1. The summed E-state index contributed by atoms with van der Waals surface area (Å²) >= 11 is 0. The van der Waals surface area contributed by atoms with Crippen LogP contribution in [-0.2, 0) is 0 Å². The van der Waals surface area contributed by atoms with Crippen molar-refractivity contribution in [1.29, 1.82) is 5.41 Å². The molecule has 1 N–H and O–H groups in total. The standard InChI is InChI=1S/C51H32B5N5/c52-43-42(44(53)46(55)47(56)45(43)54)50(57)59-51(34-17-11-16-33(28-34)31-14-5-2-6-15-31)58-29-60-40-20-9-7-18-36(40)38-26-27-39-37-19-8-10-21-41(37)61(49(39)48(38)60)35-24-22-32(23-25-35)30-12-3-1-4-13-30/h1-22,24-29,32,57H,23H2. The van der Waals surface area contributed by atoms with Crippen molar-refractivity contribution < 1.29 is 0 Å². The molecule has 0 fully saturated rings. The van der Waals surface area contributed by atoms with Crippen molar-refractivity contribution in [2.45, 2.75) is 12.3 Å². The van der Waals surface area contributed by atoms with Gasteiger partial charge in [-0.15, -0.1) is 16.4 Å². The number of nitrogens with one attached hydrogen (secondary N) is 1. The molecule has 1 atom stereocenters. The Hall–Kier alpha value is -7.05. The number of rotatable bonds is 6. The fraction of sp³-hybridized carbons (Fsp3) is 0.0392. The van der Waals surface area contributed by atoms with Gasteiger partial charge in [0, 0.05) is 44.3 Å². The van der Waals surface area contributed by atoms with Crippen LogP contribution in [0.5, 0.6) is 0 Å². The predicted octanol–water partition coefficient (Wildman–Crippen LogP) is 6.47. The van der Waals surface area contributed by atoms with Crippen molar-refractivity contribution in [2.24, 2.45) is 9.98 Å². The van der Waals surface area contributed by atoms with Crippen LogP contribution in [0.4, 0.5) is 0 Å². The average molecular weight is 769 g/mol. The van der Waals surface area contributed by atoms with Crippen molar-refractivity contribution in [3.8, 4) is 11.1 Å². The molecule has 2 heterocycles. The molecule has 1 unspecified atom stereocenters. The first-order valence-corrected chi connectivity index (χ1v) is 20.1. The van der Waals surface area contributed by atoms with E-state index in [-0.39, 0.29) is 44.5 Å². The Morgan fingerprint density at radius 2 is 1.18 bits per heavy atom. The summed E-state index contributed by atoms with van der Waals surface area (Å²) in [7, 11) is 31.5. The van der Waals surface area contributed by atoms with E-state index in [9.17, 15) is 5.41 Å². The molecule has 2 aromatic heterocycles. The summed E-state index contributed by atoms with van der Waals surface area (Å²) in [6.45, 7) is 0. The van der Waals surface area contributed by atoms with Crippen molar-refractivity contribution in [2.75, 3.05) is 0 Å². The Bertz CT molecular complexity index is 3330. The van der Waals surface area contributed by atoms with Crippen molar-refractivity contribution >= 4 is 134 Å². The second-order valence-corrected chi connectivity index (χ2v) is 15.3. The number of aromatic nitrogens is 2. The van der Waals surface area contributed by atoms with Gasteiger partial charge in [-0.1, -0.05) is 150 Å². The molecule has 0 spiro atoms. The van der Waals surface area contributed by atoms with Gasteiger partial charge in [0.1, 0.15) is 45.6 Å². The Kier molecular flexibility index (Phi) is 9.72. The molecule has 7 aromatic carbocycles. The van der Waals surface area contributed by atoms with Gasteiger partial charge >= 0.3 is 0 Å². The van der Waals surface area contributed by atoms with Crippen LogP contribution in [0.2, 0.25) is 0 Å². The van der Waals surface area contributed by atoms with Crippen LogP contribution in [0.15, 0.2) is 174 Å². The number of para-hydroxylation sites is 2. The van der Waals surface area contributed by atoms with Gasteiger partial charge in [0.05, 0.1) is 22.1 Å². The Balaban J connectivity index is 1.20. The zero-order chi connectivity index (χ0) is 41.8. The Morgan fingerprint density at radius 3 is 1.87 bits per heavy atom. The first-order valence-electron chi connectivity index (χ1n) is 20.1. The number of fused-ring (bicyclic) bond motifs is 7. The maximum absolute atomic E-state index is 9.27. The van der Waals surface area contributed by atoms with Gasteiger partial charge in [-0.3, -0.25) is 9.98 Å². The van der Waals surface area contributed by atoms with E-state index in [1.54, 1.807) is 6.34 Å². The lowest BCUT2D eigenvalue weighted by molar-refractivity contribution is 0.850. The summed E-state index contributed by atoms with van der Waals surface area (Å²) in [6.07, 6.45) is 9.57. The van der Waals surface area contributed by atoms with Gasteiger partial charge in [0.25, 0.3) is 0 Å². The summed E-state index contributed by atoms with van der Waals surface area (Å²) in [5, 5.41) is 13.7. The van der Waals surface area contributed by atoms with E-state index in [4.69, 9.17) is 49.2 Å². The van der Waals surface area contributed by atoms with E-state index >= 15 is 0 Å². The number of aliphatic imine (C=N–C) groups is 2. The van der Waals surface area contributed by atoms with Gasteiger partial charge < -0.3 is 4.57 Å². The minimum atomic E-state index is -0.264. The third kappa shape index (κ3) is 6.54. The van der Waals surface area contributed by atoms with Gasteiger partial charge in [-0.25, -0.2) is 9.98 Å². The molecule has 0 bridgehead atoms. The van der Waals surface area contributed by atoms with Gasteiger partial charge in [-0.05, 0) is 47.4 Å². The van der Waals surface area contributed by atoms with Gasteiger partial charge in [0.2, 0.25) is 0 Å². The normalized spacial score (nSPS) is 14.5. The quantitative estimate of drug-likeness (QED) is 0.115. The molecular weight excluding hydrogens is 737 g/mol. The van der Waals surface area contributed by atoms with E-state index in [0.717, 1.165) is 66.9 Å². The van der Waals surface area contributed by atoms with Crippen LogP contribution in [-0.4, -0.2) is 66.4 Å². The molecule has 9 aromatic rings. The summed E-state index contributed by atoms with van der Waals surface area (Å²) in [6, 6.07) is 49.9. The molecule has 10 heteroatoms. The highest BCUT2D eigenvalue weighted by atomic mass is 15.1. The third-order valence-electron chi connectivity index (χ3n) is 11.7. The third-order valence-corrected chi connectivity index (χ3v) is 11.7. The molecule has 61 heavy (non-hydrogen) atoms. The second kappa shape index (κ2) is 15.5. The molecular formula is C51H32B5N5. The molecule has 276 valence electrons. The van der Waals surface area contributed by atoms with Gasteiger partial charge in [-0.2, -0.15) is 0 Å². The van der Waals surface area contributed by atoms with Crippen molar-refractivity contribution in [1.82, 2.24) is 9.13 Å². The smallest absolute Gasteiger partial charge is 0.163 e. The summed E-state index contributed by atoms with van der Waals surface area (Å²) in [5.74, 6) is 0.277. The average Bonchev–Trinajstić information content (AvgIpc) is 3.82. The topological polar surface area (TPSA) is 58.4 Å². The first-order chi connectivity index (χ1) is 29.8. The van der Waals surface area contributed by atoms with E-state index in [1.165, 1.54) is 5.56 Å². The van der Waals surface area contributed by atoms with Crippen molar-refractivity contribution in [3.05, 3.63) is 181 Å². The predicted molar refractivity (Wildman–Crippen MR) is 262 cm³/mol. The monoisotopic (exact) mass is 769 g/mol. The van der Waals surface area contributed by atoms with E-state index in [1.807, 2.05) is 60.7 Å². The molecule has 0 saturated heterocycles. The van der Waals surface area contributed by atoms with Crippen LogP contribution in [0.25, 0.3) is 60.4 Å². The number of hydrogen-bond donors (Lipinski definition) is 1. The van der Waals surface area contributed by atoms with Crippen LogP contribution in [0.3, 0.4) is 0 Å². The summed E-state index contributed by atoms with van der Waals surface area (Å²) in [4.78, 5) is 9.96. The zero-order valence-electron chi connectivity index (χ0n) is 33.1. The minimum absolute atomic E-state index is 0.0260. The molecule has 1 aliphatic rings. The summed E-state index contributed by atoms with van der Waals surface area (Å²) in [5.41, 5.74) is 9.44. The minimum Gasteiger partial charge on any atom is -0.308 e. The molecule has 10 rings (SSSR count). The maximum Gasteiger partial charge on any atom is 0.163 e. The number of benzene rings is 7. The number of hydrogen-bond acceptors (Lipinski definition) is 1. The van der Waals surface area contributed by atoms with Gasteiger partial charge in [0.15, 0.2) is 11.7 Å². The molecule has 0 amide bonds. The Labute approximate surface area is 360 Å². The molecule has 0 aliphatic heterocycles. The highest BCUT2D eigenvalue weighted by Gasteiger charge is 2.22. The maximum atomic E-state index is 9.27. The molecule has 10 radical (unpaired) electrons. The van der Waals surface area contributed by atoms with Crippen LogP contribution < -0.4 is 27.3 Å². The van der Waals surface area contributed by atoms with Crippen LogP contribution in [0.1, 0.15) is 29.0 Å². The number of amidine groups is 2. The fourth-order valence-corrected chi connectivity index (χ4v) is 8.66. The summed E-state index contributed by atoms with van der Waals surface area (Å²) < 4.78 is 4.51.